The van der Waals surface area contributed by atoms with Gasteiger partial charge in [0.25, 0.3) is 0 Å². The van der Waals surface area contributed by atoms with Crippen molar-refractivity contribution in [3.8, 4) is 0 Å². The van der Waals surface area contributed by atoms with Crippen LogP contribution in [0.15, 0.2) is 4.85 Å². The van der Waals surface area contributed by atoms with Crippen LogP contribution in [0.4, 0.5) is 0 Å². The third-order valence-corrected chi connectivity index (χ3v) is 0.335. The fourth-order valence-electron chi connectivity index (χ4n) is 0. The van der Waals surface area contributed by atoms with E-state index in [1.807, 2.05) is 0 Å². The summed E-state index contributed by atoms with van der Waals surface area (Å²) in [5, 5.41) is 0. The molecule has 0 aromatic heterocycles. The van der Waals surface area contributed by atoms with E-state index in [1.165, 1.54) is 0 Å². The third-order valence-electron chi connectivity index (χ3n) is 0.112. The van der Waals surface area contributed by atoms with Crippen molar-refractivity contribution in [1.82, 2.24) is 5.43 Å². The number of nitrogens with one attached hydrogen (secondary N) is 1. The second kappa shape index (κ2) is 3.06. The lowest BCUT2D eigenvalue weighted by Crippen LogP contribution is -1.85. The van der Waals surface area contributed by atoms with E-state index in [0.717, 1.165) is 0 Å². The molecule has 0 aromatic carbocycles. The van der Waals surface area contributed by atoms with Crippen LogP contribution in [-0.2, 0) is 0 Å². The summed E-state index contributed by atoms with van der Waals surface area (Å²) in [7, 11) is 4.52. The average Bonchev–Trinajstić information content (AvgIpc) is 1.37. The van der Waals surface area contributed by atoms with E-state index in [2.05, 4.69) is 19.3 Å². The Bertz CT molecular complexity index is 20.0. The molecule has 0 aliphatic heterocycles. The summed E-state index contributed by atoms with van der Waals surface area (Å²) < 4.78 is 0. The van der Waals surface area contributed by atoms with Crippen LogP contribution in [0.1, 0.15) is 0 Å². The molecule has 0 saturated carbocycles. The molecule has 0 heterocycles. The first-order valence-electron chi connectivity index (χ1n) is 0.947. The number of hydrogen-bond acceptors (Lipinski definition) is 1. The highest BCUT2D eigenvalue weighted by atomic mass is 31.0. The molecule has 0 atom stereocenters. The molecular formula is CH5N2P. The summed E-state index contributed by atoms with van der Waals surface area (Å²) in [6.45, 7) is 0. The van der Waals surface area contributed by atoms with Gasteiger partial charge in [-0.3, -0.25) is 0 Å². The summed E-state index contributed by atoms with van der Waals surface area (Å²) in [4.78, 5) is 3.29. The molecule has 0 aromatic rings. The second-order valence-electron chi connectivity index (χ2n) is 0.335. The Hall–Kier alpha value is 0.0600. The zero-order chi connectivity index (χ0) is 3.41. The minimum Gasteiger partial charge on any atom is -0.214 e. The quantitative estimate of drug-likeness (QED) is 0.356. The van der Waals surface area contributed by atoms with Gasteiger partial charge in [0.15, 0.2) is 0 Å². The van der Waals surface area contributed by atoms with E-state index in [9.17, 15) is 0 Å². The van der Waals surface area contributed by atoms with Gasteiger partial charge in [0, 0.05) is 16.1 Å². The first-order chi connectivity index (χ1) is 1.91. The van der Waals surface area contributed by atoms with Crippen molar-refractivity contribution in [2.45, 2.75) is 0 Å². The van der Waals surface area contributed by atoms with Crippen molar-refractivity contribution < 1.29 is 0 Å². The lowest BCUT2D eigenvalue weighted by molar-refractivity contribution is 0.924. The molecule has 24 valence electrons. The predicted molar refractivity (Wildman–Crippen MR) is 19.8 cm³/mol. The Morgan fingerprint density at radius 1 is 2.00 bits per heavy atom. The lowest BCUT2D eigenvalue weighted by atomic mass is 11.5. The van der Waals surface area contributed by atoms with Crippen LogP contribution < -0.4 is 5.43 Å². The van der Waals surface area contributed by atoms with E-state index in [4.69, 9.17) is 0 Å². The molecule has 3 heteroatoms. The Morgan fingerprint density at radius 2 is 2.25 bits per heavy atom. The van der Waals surface area contributed by atoms with Crippen molar-refractivity contribution in [3.05, 3.63) is 0 Å². The SMILES string of the molecule is CNN=P. The smallest absolute Gasteiger partial charge is 0.00834 e. The number of hydrogen-bond donors (Lipinski definition) is 1. The summed E-state index contributed by atoms with van der Waals surface area (Å²) >= 11 is 0. The Morgan fingerprint density at radius 3 is 2.25 bits per heavy atom. The van der Waals surface area contributed by atoms with E-state index < -0.39 is 0 Å². The van der Waals surface area contributed by atoms with Crippen LogP contribution >= 0.6 is 9.03 Å². The van der Waals surface area contributed by atoms with Gasteiger partial charge in [-0.2, -0.15) is 4.85 Å². The van der Waals surface area contributed by atoms with Gasteiger partial charge in [-0.25, -0.2) is 5.43 Å². The number of rotatable bonds is 1. The molecule has 0 aliphatic rings. The molecule has 0 bridgehead atoms. The minimum atomic E-state index is 1.72. The molecule has 0 spiro atoms. The maximum atomic E-state index is 3.29. The zero-order valence-corrected chi connectivity index (χ0v) is 3.45. The summed E-state index contributed by atoms with van der Waals surface area (Å²) in [5.41, 5.74) is 2.47. The Balaban J connectivity index is 2.30. The zero-order valence-electron chi connectivity index (χ0n) is 2.45. The first kappa shape index (κ1) is 4.06. The van der Waals surface area contributed by atoms with Gasteiger partial charge < -0.3 is 0 Å². The maximum absolute atomic E-state index is 3.29. The van der Waals surface area contributed by atoms with Gasteiger partial charge in [0.1, 0.15) is 0 Å². The second-order valence-corrected chi connectivity index (χ2v) is 0.559. The average molecular weight is 76.0 g/mol. The molecule has 0 fully saturated rings. The van der Waals surface area contributed by atoms with Crippen LogP contribution in [0.25, 0.3) is 0 Å². The normalized spacial score (nSPS) is 6.25. The molecule has 2 nitrogen and oxygen atoms in total. The fraction of sp³-hybridized carbons (Fsp3) is 1.00. The van der Waals surface area contributed by atoms with Crippen LogP contribution in [0.5, 0.6) is 0 Å². The van der Waals surface area contributed by atoms with E-state index in [1.54, 1.807) is 7.05 Å². The minimum absolute atomic E-state index is 1.72. The highest BCUT2D eigenvalue weighted by Gasteiger charge is 1.37. The molecule has 0 rings (SSSR count). The highest BCUT2D eigenvalue weighted by molar-refractivity contribution is 7.03. The fourth-order valence-corrected chi connectivity index (χ4v) is 0. The van der Waals surface area contributed by atoms with Crippen LogP contribution in [-0.4, -0.2) is 7.05 Å². The summed E-state index contributed by atoms with van der Waals surface area (Å²) in [6.07, 6.45) is 0. The van der Waals surface area contributed by atoms with Crippen molar-refractivity contribution >= 4 is 9.03 Å². The van der Waals surface area contributed by atoms with E-state index >= 15 is 0 Å². The standard InChI is InChI=1S/CH5N2P/c1-2-3-4/h2,4H,1H3. The predicted octanol–water partition coefficient (Wildman–Crippen LogP) is 0.447. The molecule has 4 heavy (non-hydrogen) atoms. The van der Waals surface area contributed by atoms with Gasteiger partial charge in [-0.1, -0.05) is 0 Å². The molecule has 0 saturated heterocycles. The topological polar surface area (TPSA) is 24.4 Å². The highest BCUT2D eigenvalue weighted by Crippen LogP contribution is 1.53. The van der Waals surface area contributed by atoms with E-state index in [-0.39, 0.29) is 0 Å². The molecule has 1 N–H and O–H groups in total. The third kappa shape index (κ3) is 2.06. The number of nitrogens with zero attached hydrogens (tertiary/aromatic N) is 1. The van der Waals surface area contributed by atoms with Gasteiger partial charge in [0.05, 0.1) is 0 Å². The van der Waals surface area contributed by atoms with Crippen molar-refractivity contribution in [2.24, 2.45) is 4.85 Å². The molecule has 0 aliphatic carbocycles. The van der Waals surface area contributed by atoms with Gasteiger partial charge in [0.2, 0.25) is 0 Å². The van der Waals surface area contributed by atoms with Gasteiger partial charge >= 0.3 is 0 Å². The largest absolute Gasteiger partial charge is 0.214 e. The van der Waals surface area contributed by atoms with Gasteiger partial charge in [-0.15, -0.1) is 0 Å². The molecule has 0 amide bonds. The van der Waals surface area contributed by atoms with Gasteiger partial charge in [-0.05, 0) is 0 Å². The van der Waals surface area contributed by atoms with Crippen molar-refractivity contribution in [1.29, 1.82) is 0 Å². The molecule has 0 unspecified atom stereocenters. The summed E-state index contributed by atoms with van der Waals surface area (Å²) in [5.74, 6) is 0. The Labute approximate surface area is 27.5 Å². The maximum Gasteiger partial charge on any atom is 0.00834 e. The summed E-state index contributed by atoms with van der Waals surface area (Å²) in [6, 6.07) is 0. The Kier molecular flexibility index (Phi) is 3.11. The molecule has 0 radical (unpaired) electrons. The lowest BCUT2D eigenvalue weighted by Gasteiger charge is -1.66. The monoisotopic (exact) mass is 76.0 g/mol. The van der Waals surface area contributed by atoms with Crippen molar-refractivity contribution in [2.75, 3.05) is 7.05 Å². The molecular weight excluding hydrogens is 71.0 g/mol. The van der Waals surface area contributed by atoms with Crippen molar-refractivity contribution in [3.63, 3.8) is 0 Å². The first-order valence-corrected chi connectivity index (χ1v) is 1.39. The van der Waals surface area contributed by atoms with E-state index in [0.29, 0.717) is 0 Å². The van der Waals surface area contributed by atoms with Crippen LogP contribution in [0, 0.1) is 0 Å². The van der Waals surface area contributed by atoms with Crippen LogP contribution in [0.3, 0.4) is 0 Å². The van der Waals surface area contributed by atoms with Crippen LogP contribution in [0.2, 0.25) is 0 Å².